The van der Waals surface area contributed by atoms with Gasteiger partial charge in [-0.15, -0.1) is 0 Å². The summed E-state index contributed by atoms with van der Waals surface area (Å²) >= 11 is 0. The van der Waals surface area contributed by atoms with Gasteiger partial charge in [0, 0.05) is 32.5 Å². The van der Waals surface area contributed by atoms with Gasteiger partial charge < -0.3 is 14.2 Å². The highest BCUT2D eigenvalue weighted by molar-refractivity contribution is 5.11. The van der Waals surface area contributed by atoms with E-state index in [-0.39, 0.29) is 12.1 Å². The zero-order valence-electron chi connectivity index (χ0n) is 11.2. The maximum atomic E-state index is 9.88. The fourth-order valence-corrected chi connectivity index (χ4v) is 2.65. The van der Waals surface area contributed by atoms with E-state index in [4.69, 9.17) is 4.52 Å². The second kappa shape index (κ2) is 4.79. The van der Waals surface area contributed by atoms with Crippen molar-refractivity contribution in [3.63, 3.8) is 0 Å². The molecule has 0 amide bonds. The summed E-state index contributed by atoms with van der Waals surface area (Å²) in [6, 6.07) is 2.09. The maximum Gasteiger partial charge on any atom is 0.244 e. The van der Waals surface area contributed by atoms with Crippen molar-refractivity contribution in [2.45, 2.75) is 32.0 Å². The fourth-order valence-electron chi connectivity index (χ4n) is 2.65. The van der Waals surface area contributed by atoms with Crippen LogP contribution in [0.1, 0.15) is 29.7 Å². The summed E-state index contributed by atoms with van der Waals surface area (Å²) in [5.41, 5.74) is 1.22. The van der Waals surface area contributed by atoms with Crippen LogP contribution in [0.5, 0.6) is 0 Å². The molecule has 1 saturated heterocycles. The maximum absolute atomic E-state index is 9.88. The second-order valence-electron chi connectivity index (χ2n) is 5.20. The van der Waals surface area contributed by atoms with Crippen LogP contribution in [0.2, 0.25) is 0 Å². The molecule has 19 heavy (non-hydrogen) atoms. The Hall–Kier alpha value is -1.66. The van der Waals surface area contributed by atoms with Crippen molar-refractivity contribution in [2.24, 2.45) is 7.05 Å². The van der Waals surface area contributed by atoms with Crippen LogP contribution in [-0.2, 0) is 13.6 Å². The summed E-state index contributed by atoms with van der Waals surface area (Å²) in [5.74, 6) is 1.24. The Morgan fingerprint density at radius 1 is 1.53 bits per heavy atom. The summed E-state index contributed by atoms with van der Waals surface area (Å²) in [5, 5.41) is 13.7. The number of hydrogen-bond acceptors (Lipinski definition) is 5. The molecule has 1 aliphatic rings. The van der Waals surface area contributed by atoms with Crippen LogP contribution < -0.4 is 0 Å². The molecule has 0 bridgehead atoms. The smallest absolute Gasteiger partial charge is 0.244 e. The number of likely N-dealkylation sites (tertiary alicyclic amines) is 1. The van der Waals surface area contributed by atoms with Gasteiger partial charge in [0.2, 0.25) is 5.89 Å². The van der Waals surface area contributed by atoms with E-state index in [9.17, 15) is 5.11 Å². The number of aliphatic hydroxyl groups is 1. The first kappa shape index (κ1) is 12.4. The summed E-state index contributed by atoms with van der Waals surface area (Å²) in [6.45, 7) is 3.23. The number of hydrogen-bond donors (Lipinski definition) is 1. The van der Waals surface area contributed by atoms with Gasteiger partial charge in [-0.1, -0.05) is 5.16 Å². The van der Waals surface area contributed by atoms with E-state index in [1.165, 1.54) is 5.56 Å². The average Bonchev–Trinajstić information content (AvgIpc) is 3.02. The minimum Gasteiger partial charge on any atom is -0.392 e. The van der Waals surface area contributed by atoms with Gasteiger partial charge in [-0.2, -0.15) is 4.98 Å². The Labute approximate surface area is 111 Å². The van der Waals surface area contributed by atoms with Crippen molar-refractivity contribution in [2.75, 3.05) is 6.54 Å². The molecule has 0 aromatic carbocycles. The normalized spacial score (nSPS) is 24.2. The second-order valence-corrected chi connectivity index (χ2v) is 5.20. The SMILES string of the molecule is Cc1noc([C@H]2C[C@@H](O)CN2Cc2ccn(C)c2)n1. The van der Waals surface area contributed by atoms with Gasteiger partial charge in [0.05, 0.1) is 12.1 Å². The van der Waals surface area contributed by atoms with E-state index in [2.05, 4.69) is 27.3 Å². The highest BCUT2D eigenvalue weighted by Crippen LogP contribution is 2.32. The molecule has 1 aliphatic heterocycles. The molecule has 2 atom stereocenters. The van der Waals surface area contributed by atoms with Gasteiger partial charge in [-0.3, -0.25) is 4.90 Å². The summed E-state index contributed by atoms with van der Waals surface area (Å²) in [7, 11) is 2.00. The molecular formula is C13H18N4O2. The Balaban J connectivity index is 1.78. The quantitative estimate of drug-likeness (QED) is 0.894. The van der Waals surface area contributed by atoms with Gasteiger partial charge in [-0.05, 0) is 25.0 Å². The van der Waals surface area contributed by atoms with E-state index in [1.807, 2.05) is 17.8 Å². The number of aliphatic hydroxyl groups excluding tert-OH is 1. The van der Waals surface area contributed by atoms with Crippen molar-refractivity contribution in [3.05, 3.63) is 35.7 Å². The zero-order valence-corrected chi connectivity index (χ0v) is 11.2. The molecule has 2 aromatic rings. The Bertz CT molecular complexity index is 562. The van der Waals surface area contributed by atoms with Crippen molar-refractivity contribution >= 4 is 0 Å². The average molecular weight is 262 g/mol. The first-order valence-corrected chi connectivity index (χ1v) is 6.45. The molecule has 0 aliphatic carbocycles. The van der Waals surface area contributed by atoms with Crippen LogP contribution in [0.3, 0.4) is 0 Å². The highest BCUT2D eigenvalue weighted by atomic mass is 16.5. The largest absolute Gasteiger partial charge is 0.392 e. The standard InChI is InChI=1S/C13H18N4O2/c1-9-14-13(19-15-9)12-5-11(18)8-17(12)7-10-3-4-16(2)6-10/h3-4,6,11-12,18H,5,7-8H2,1-2H3/t11-,12-/m1/s1. The topological polar surface area (TPSA) is 67.3 Å². The van der Waals surface area contributed by atoms with Crippen LogP contribution in [-0.4, -0.2) is 37.4 Å². The molecule has 0 unspecified atom stereocenters. The first-order chi connectivity index (χ1) is 9.11. The highest BCUT2D eigenvalue weighted by Gasteiger charge is 2.35. The van der Waals surface area contributed by atoms with Crippen LogP contribution in [0.25, 0.3) is 0 Å². The molecule has 6 heteroatoms. The monoisotopic (exact) mass is 262 g/mol. The first-order valence-electron chi connectivity index (χ1n) is 6.45. The van der Waals surface area contributed by atoms with Crippen molar-refractivity contribution in [3.8, 4) is 0 Å². The predicted molar refractivity (Wildman–Crippen MR) is 68.2 cm³/mol. The molecule has 1 N–H and O–H groups in total. The zero-order chi connectivity index (χ0) is 13.4. The van der Waals surface area contributed by atoms with Crippen LogP contribution >= 0.6 is 0 Å². The minimum atomic E-state index is -0.332. The molecule has 3 heterocycles. The molecule has 2 aromatic heterocycles. The number of aromatic nitrogens is 3. The van der Waals surface area contributed by atoms with E-state index in [1.54, 1.807) is 6.92 Å². The summed E-state index contributed by atoms with van der Waals surface area (Å²) in [6.07, 6.45) is 4.42. The molecule has 102 valence electrons. The van der Waals surface area contributed by atoms with E-state index in [0.29, 0.717) is 24.7 Å². The lowest BCUT2D eigenvalue weighted by molar-refractivity contribution is 0.169. The van der Waals surface area contributed by atoms with E-state index >= 15 is 0 Å². The lowest BCUT2D eigenvalue weighted by atomic mass is 10.2. The van der Waals surface area contributed by atoms with Crippen molar-refractivity contribution in [1.29, 1.82) is 0 Å². The predicted octanol–water partition coefficient (Wildman–Crippen LogP) is 1.02. The van der Waals surface area contributed by atoms with Gasteiger partial charge in [0.25, 0.3) is 0 Å². The molecule has 0 radical (unpaired) electrons. The van der Waals surface area contributed by atoms with Crippen LogP contribution in [0.15, 0.2) is 23.0 Å². The molecule has 0 saturated carbocycles. The lowest BCUT2D eigenvalue weighted by Crippen LogP contribution is -2.24. The fraction of sp³-hybridized carbons (Fsp3) is 0.538. The van der Waals surface area contributed by atoms with Gasteiger partial charge in [0.15, 0.2) is 5.82 Å². The molecule has 3 rings (SSSR count). The third-order valence-electron chi connectivity index (χ3n) is 3.49. The van der Waals surface area contributed by atoms with E-state index < -0.39 is 0 Å². The molecular weight excluding hydrogens is 244 g/mol. The summed E-state index contributed by atoms with van der Waals surface area (Å²) in [4.78, 5) is 6.48. The van der Waals surface area contributed by atoms with Crippen molar-refractivity contribution < 1.29 is 9.63 Å². The van der Waals surface area contributed by atoms with Crippen LogP contribution in [0, 0.1) is 6.92 Å². The van der Waals surface area contributed by atoms with Gasteiger partial charge in [0.1, 0.15) is 0 Å². The lowest BCUT2D eigenvalue weighted by Gasteiger charge is -2.20. The number of aryl methyl sites for hydroxylation is 2. The Kier molecular flexibility index (Phi) is 3.12. The summed E-state index contributed by atoms with van der Waals surface area (Å²) < 4.78 is 7.27. The van der Waals surface area contributed by atoms with Crippen LogP contribution in [0.4, 0.5) is 0 Å². The Morgan fingerprint density at radius 2 is 2.37 bits per heavy atom. The molecule has 0 spiro atoms. The number of β-amino-alcohol motifs (C(OH)–C–C–N with tert-alkyl or cyclic N) is 1. The number of nitrogens with zero attached hydrogens (tertiary/aromatic N) is 4. The third kappa shape index (κ3) is 2.54. The molecule has 6 nitrogen and oxygen atoms in total. The van der Waals surface area contributed by atoms with Crippen molar-refractivity contribution in [1.82, 2.24) is 19.6 Å². The van der Waals surface area contributed by atoms with Gasteiger partial charge >= 0.3 is 0 Å². The van der Waals surface area contributed by atoms with E-state index in [0.717, 1.165) is 6.54 Å². The van der Waals surface area contributed by atoms with Gasteiger partial charge in [-0.25, -0.2) is 0 Å². The third-order valence-corrected chi connectivity index (χ3v) is 3.49. The minimum absolute atomic E-state index is 0.0106. The Morgan fingerprint density at radius 3 is 3.00 bits per heavy atom. The molecule has 1 fully saturated rings. The number of rotatable bonds is 3.